The van der Waals surface area contributed by atoms with E-state index in [1.807, 2.05) is 0 Å². The van der Waals surface area contributed by atoms with Gasteiger partial charge in [-0.15, -0.1) is 0 Å². The summed E-state index contributed by atoms with van der Waals surface area (Å²) in [6, 6.07) is 2.10. The number of sulfonamides is 1. The number of nitrogens with zero attached hydrogens (tertiary/aromatic N) is 1. The highest BCUT2D eigenvalue weighted by Crippen LogP contribution is 2.21. The molecule has 2 N–H and O–H groups in total. The monoisotopic (exact) mass is 314 g/mol. The average Bonchev–Trinajstić information content (AvgIpc) is 2.65. The molecule has 1 fully saturated rings. The van der Waals surface area contributed by atoms with E-state index in [2.05, 4.69) is 0 Å². The minimum absolute atomic E-state index is 0.197. The first-order valence-corrected chi connectivity index (χ1v) is 8.47. The zero-order valence-electron chi connectivity index (χ0n) is 11.9. The highest BCUT2D eigenvalue weighted by molar-refractivity contribution is 7.89. The SMILES string of the molecule is Cc1cc(F)c(C(=O)N2CCCCCC2)cc1S(N)(=O)=O. The molecule has 7 heteroatoms. The number of benzene rings is 1. The lowest BCUT2D eigenvalue weighted by Gasteiger charge is -2.21. The van der Waals surface area contributed by atoms with Gasteiger partial charge in [0.1, 0.15) is 5.82 Å². The lowest BCUT2D eigenvalue weighted by molar-refractivity contribution is 0.0756. The van der Waals surface area contributed by atoms with Gasteiger partial charge in [0.15, 0.2) is 0 Å². The maximum atomic E-state index is 14.0. The van der Waals surface area contributed by atoms with Gasteiger partial charge >= 0.3 is 0 Å². The van der Waals surface area contributed by atoms with Crippen molar-refractivity contribution < 1.29 is 17.6 Å². The molecule has 1 aromatic rings. The second kappa shape index (κ2) is 6.11. The van der Waals surface area contributed by atoms with Gasteiger partial charge in [0, 0.05) is 13.1 Å². The molecule has 0 saturated carbocycles. The molecule has 5 nitrogen and oxygen atoms in total. The van der Waals surface area contributed by atoms with Gasteiger partial charge in [-0.05, 0) is 37.5 Å². The number of nitrogens with two attached hydrogens (primary N) is 1. The average molecular weight is 314 g/mol. The zero-order valence-corrected chi connectivity index (χ0v) is 12.7. The lowest BCUT2D eigenvalue weighted by Crippen LogP contribution is -2.32. The van der Waals surface area contributed by atoms with E-state index in [0.717, 1.165) is 37.8 Å². The highest BCUT2D eigenvalue weighted by atomic mass is 32.2. The summed E-state index contributed by atoms with van der Waals surface area (Å²) in [4.78, 5) is 13.8. The summed E-state index contributed by atoms with van der Waals surface area (Å²) in [6.07, 6.45) is 3.84. The lowest BCUT2D eigenvalue weighted by atomic mass is 10.1. The first-order chi connectivity index (χ1) is 9.80. The summed E-state index contributed by atoms with van der Waals surface area (Å²) in [5.74, 6) is -1.19. The van der Waals surface area contributed by atoms with Crippen molar-refractivity contribution in [3.63, 3.8) is 0 Å². The van der Waals surface area contributed by atoms with Crippen molar-refractivity contribution in [3.05, 3.63) is 29.1 Å². The molecule has 1 heterocycles. The predicted octanol–water partition coefficient (Wildman–Crippen LogP) is 1.80. The van der Waals surface area contributed by atoms with Crippen LogP contribution in [0.5, 0.6) is 0 Å². The van der Waals surface area contributed by atoms with Gasteiger partial charge < -0.3 is 4.90 Å². The first-order valence-electron chi connectivity index (χ1n) is 6.93. The van der Waals surface area contributed by atoms with Crippen molar-refractivity contribution in [2.24, 2.45) is 5.14 Å². The minimum Gasteiger partial charge on any atom is -0.339 e. The number of hydrogen-bond donors (Lipinski definition) is 1. The second-order valence-electron chi connectivity index (χ2n) is 5.35. The molecular formula is C14H19FN2O3S. The molecule has 1 aliphatic rings. The van der Waals surface area contributed by atoms with Gasteiger partial charge in [0.05, 0.1) is 10.5 Å². The third-order valence-corrected chi connectivity index (χ3v) is 4.75. The molecule has 116 valence electrons. The molecule has 0 bridgehead atoms. The summed E-state index contributed by atoms with van der Waals surface area (Å²) in [5, 5.41) is 5.11. The zero-order chi connectivity index (χ0) is 15.6. The highest BCUT2D eigenvalue weighted by Gasteiger charge is 2.24. The molecule has 0 aliphatic carbocycles. The van der Waals surface area contributed by atoms with Crippen LogP contribution < -0.4 is 5.14 Å². The summed E-state index contributed by atoms with van der Waals surface area (Å²) in [6.45, 7) is 2.58. The third kappa shape index (κ3) is 3.59. The Morgan fingerprint density at radius 1 is 1.19 bits per heavy atom. The van der Waals surface area contributed by atoms with Crippen LogP contribution in [0.3, 0.4) is 0 Å². The molecule has 0 aromatic heterocycles. The van der Waals surface area contributed by atoms with E-state index >= 15 is 0 Å². The summed E-state index contributed by atoms with van der Waals surface area (Å²) >= 11 is 0. The van der Waals surface area contributed by atoms with E-state index in [-0.39, 0.29) is 16.0 Å². The van der Waals surface area contributed by atoms with Crippen molar-refractivity contribution in [3.8, 4) is 0 Å². The topological polar surface area (TPSA) is 80.5 Å². The molecule has 0 unspecified atom stereocenters. The predicted molar refractivity (Wildman–Crippen MR) is 76.9 cm³/mol. The molecule has 1 amide bonds. The van der Waals surface area contributed by atoms with Crippen molar-refractivity contribution >= 4 is 15.9 Å². The Morgan fingerprint density at radius 2 is 1.76 bits per heavy atom. The van der Waals surface area contributed by atoms with Gasteiger partial charge in [0.2, 0.25) is 10.0 Å². The van der Waals surface area contributed by atoms with E-state index in [9.17, 15) is 17.6 Å². The fourth-order valence-electron chi connectivity index (χ4n) is 2.57. The van der Waals surface area contributed by atoms with Crippen LogP contribution in [-0.4, -0.2) is 32.3 Å². The van der Waals surface area contributed by atoms with Crippen molar-refractivity contribution in [2.45, 2.75) is 37.5 Å². The Balaban J connectivity index is 2.40. The Labute approximate surface area is 124 Å². The number of amides is 1. The quantitative estimate of drug-likeness (QED) is 0.904. The van der Waals surface area contributed by atoms with Crippen molar-refractivity contribution in [1.82, 2.24) is 4.90 Å². The van der Waals surface area contributed by atoms with E-state index < -0.39 is 21.7 Å². The number of likely N-dealkylation sites (tertiary alicyclic amines) is 1. The Kier molecular flexibility index (Phi) is 4.63. The first kappa shape index (κ1) is 15.9. The van der Waals surface area contributed by atoms with Gasteiger partial charge in [-0.25, -0.2) is 17.9 Å². The Bertz CT molecular complexity index is 650. The standard InChI is InChI=1S/C14H19FN2O3S/c1-10-8-12(15)11(9-13(10)21(16,19)20)14(18)17-6-4-2-3-5-7-17/h8-9H,2-7H2,1H3,(H2,16,19,20). The molecule has 1 aromatic carbocycles. The van der Waals surface area contributed by atoms with Crippen molar-refractivity contribution in [1.29, 1.82) is 0 Å². The van der Waals surface area contributed by atoms with Crippen LogP contribution >= 0.6 is 0 Å². The van der Waals surface area contributed by atoms with Crippen LogP contribution in [-0.2, 0) is 10.0 Å². The number of carbonyl (C=O) groups is 1. The number of halogens is 1. The van der Waals surface area contributed by atoms with Crippen LogP contribution in [0.15, 0.2) is 17.0 Å². The van der Waals surface area contributed by atoms with Crippen LogP contribution in [0.2, 0.25) is 0 Å². The fourth-order valence-corrected chi connectivity index (χ4v) is 3.36. The molecule has 0 spiro atoms. The summed E-state index contributed by atoms with van der Waals surface area (Å²) in [5.41, 5.74) is -0.0334. The van der Waals surface area contributed by atoms with E-state index in [1.54, 1.807) is 4.90 Å². The molecule has 0 radical (unpaired) electrons. The molecule has 0 atom stereocenters. The second-order valence-corrected chi connectivity index (χ2v) is 6.88. The van der Waals surface area contributed by atoms with Crippen molar-refractivity contribution in [2.75, 3.05) is 13.1 Å². The number of carbonyl (C=O) groups excluding carboxylic acids is 1. The van der Waals surface area contributed by atoms with E-state index in [0.29, 0.717) is 13.1 Å². The molecular weight excluding hydrogens is 295 g/mol. The van der Waals surface area contributed by atoms with Gasteiger partial charge in [0.25, 0.3) is 5.91 Å². The minimum atomic E-state index is -3.98. The van der Waals surface area contributed by atoms with E-state index in [1.165, 1.54) is 6.92 Å². The Morgan fingerprint density at radius 3 is 2.29 bits per heavy atom. The maximum absolute atomic E-state index is 14.0. The largest absolute Gasteiger partial charge is 0.339 e. The van der Waals surface area contributed by atoms with Crippen LogP contribution in [0.4, 0.5) is 4.39 Å². The van der Waals surface area contributed by atoms with Gasteiger partial charge in [-0.1, -0.05) is 12.8 Å². The molecule has 2 rings (SSSR count). The molecule has 21 heavy (non-hydrogen) atoms. The number of primary sulfonamides is 1. The number of rotatable bonds is 2. The molecule has 1 aliphatic heterocycles. The third-order valence-electron chi connectivity index (χ3n) is 3.69. The maximum Gasteiger partial charge on any atom is 0.256 e. The summed E-state index contributed by atoms with van der Waals surface area (Å²) < 4.78 is 37.0. The Hall–Kier alpha value is -1.47. The summed E-state index contributed by atoms with van der Waals surface area (Å²) in [7, 11) is -3.98. The smallest absolute Gasteiger partial charge is 0.256 e. The van der Waals surface area contributed by atoms with Crippen LogP contribution in [0, 0.1) is 12.7 Å². The van der Waals surface area contributed by atoms with Crippen LogP contribution in [0.1, 0.15) is 41.6 Å². The van der Waals surface area contributed by atoms with Gasteiger partial charge in [-0.2, -0.15) is 0 Å². The normalized spacial score (nSPS) is 16.6. The fraction of sp³-hybridized carbons (Fsp3) is 0.500. The van der Waals surface area contributed by atoms with E-state index in [4.69, 9.17) is 5.14 Å². The molecule has 1 saturated heterocycles. The number of hydrogen-bond acceptors (Lipinski definition) is 3. The number of aryl methyl sites for hydroxylation is 1. The van der Waals surface area contributed by atoms with Crippen LogP contribution in [0.25, 0.3) is 0 Å². The van der Waals surface area contributed by atoms with Gasteiger partial charge in [-0.3, -0.25) is 4.79 Å².